The van der Waals surface area contributed by atoms with Crippen molar-refractivity contribution >= 4 is 21.8 Å². The van der Waals surface area contributed by atoms with Gasteiger partial charge in [0.05, 0.1) is 6.04 Å². The van der Waals surface area contributed by atoms with Crippen LogP contribution in [-0.4, -0.2) is 18.0 Å². The second kappa shape index (κ2) is 7.23. The van der Waals surface area contributed by atoms with Gasteiger partial charge in [0.1, 0.15) is 0 Å². The Morgan fingerprint density at radius 3 is 2.55 bits per heavy atom. The Morgan fingerprint density at radius 2 is 1.90 bits per heavy atom. The summed E-state index contributed by atoms with van der Waals surface area (Å²) >= 11 is 3.55. The minimum absolute atomic E-state index is 0.107. The molecule has 1 aliphatic carbocycles. The molecule has 0 saturated heterocycles. The largest absolute Gasteiger partial charge is 0.352 e. The number of amides is 1. The number of benzene rings is 1. The van der Waals surface area contributed by atoms with Gasteiger partial charge in [0.2, 0.25) is 5.91 Å². The lowest BCUT2D eigenvalue weighted by atomic mass is 10.1. The minimum Gasteiger partial charge on any atom is -0.352 e. The summed E-state index contributed by atoms with van der Waals surface area (Å²) in [5, 5.41) is 6.51. The third kappa shape index (κ3) is 4.06. The Hall–Kier alpha value is -0.870. The van der Waals surface area contributed by atoms with Gasteiger partial charge in [-0.2, -0.15) is 0 Å². The monoisotopic (exact) mass is 338 g/mol. The van der Waals surface area contributed by atoms with Gasteiger partial charge < -0.3 is 5.32 Å². The molecule has 20 heavy (non-hydrogen) atoms. The van der Waals surface area contributed by atoms with Crippen molar-refractivity contribution in [1.29, 1.82) is 0 Å². The Kier molecular flexibility index (Phi) is 5.61. The van der Waals surface area contributed by atoms with Gasteiger partial charge in [0.15, 0.2) is 0 Å². The van der Waals surface area contributed by atoms with E-state index in [2.05, 4.69) is 39.6 Å². The molecule has 3 nitrogen and oxygen atoms in total. The van der Waals surface area contributed by atoms with Crippen LogP contribution < -0.4 is 10.6 Å². The molecule has 4 heteroatoms. The summed E-state index contributed by atoms with van der Waals surface area (Å²) in [5.74, 6) is 0.107. The Morgan fingerprint density at radius 1 is 1.25 bits per heavy atom. The molecule has 0 aliphatic heterocycles. The molecule has 0 heterocycles. The molecular formula is C16H23BrN2O. The summed E-state index contributed by atoms with van der Waals surface area (Å²) in [5.41, 5.74) is 1.17. The molecule has 1 saturated carbocycles. The van der Waals surface area contributed by atoms with Gasteiger partial charge in [-0.15, -0.1) is 0 Å². The zero-order valence-corrected chi connectivity index (χ0v) is 13.7. The number of rotatable bonds is 5. The van der Waals surface area contributed by atoms with Gasteiger partial charge in [0.25, 0.3) is 0 Å². The maximum Gasteiger partial charge on any atom is 0.237 e. The van der Waals surface area contributed by atoms with Gasteiger partial charge in [-0.25, -0.2) is 0 Å². The summed E-state index contributed by atoms with van der Waals surface area (Å²) in [6.07, 6.45) is 4.72. The molecule has 0 radical (unpaired) electrons. The number of carbonyl (C=O) groups excluding carboxylic acids is 1. The van der Waals surface area contributed by atoms with E-state index < -0.39 is 0 Å². The van der Waals surface area contributed by atoms with Crippen LogP contribution in [0.1, 0.15) is 51.1 Å². The van der Waals surface area contributed by atoms with Crippen molar-refractivity contribution in [3.05, 3.63) is 34.3 Å². The van der Waals surface area contributed by atoms with Crippen molar-refractivity contribution in [2.24, 2.45) is 0 Å². The number of halogens is 1. The quantitative estimate of drug-likeness (QED) is 0.861. The molecule has 1 fully saturated rings. The first-order valence-corrected chi connectivity index (χ1v) is 8.18. The molecule has 2 atom stereocenters. The molecule has 2 N–H and O–H groups in total. The molecule has 110 valence electrons. The fraction of sp³-hybridized carbons (Fsp3) is 0.562. The summed E-state index contributed by atoms with van der Waals surface area (Å²) in [4.78, 5) is 12.2. The third-order valence-electron chi connectivity index (χ3n) is 3.97. The van der Waals surface area contributed by atoms with Crippen molar-refractivity contribution in [2.75, 3.05) is 0 Å². The van der Waals surface area contributed by atoms with Crippen molar-refractivity contribution < 1.29 is 4.79 Å². The van der Waals surface area contributed by atoms with Crippen LogP contribution >= 0.6 is 15.9 Å². The predicted molar refractivity (Wildman–Crippen MR) is 85.6 cm³/mol. The Labute approximate surface area is 129 Å². The zero-order valence-electron chi connectivity index (χ0n) is 12.2. The van der Waals surface area contributed by atoms with Crippen molar-refractivity contribution in [3.63, 3.8) is 0 Å². The summed E-state index contributed by atoms with van der Waals surface area (Å²) in [7, 11) is 0. The highest BCUT2D eigenvalue weighted by atomic mass is 79.9. The SMILES string of the molecule is CC(N[C@H](C)c1ccccc1Br)C(=O)NC1CCCC1. The van der Waals surface area contributed by atoms with Crippen LogP contribution in [0.5, 0.6) is 0 Å². The standard InChI is InChI=1S/C16H23BrN2O/c1-11(14-9-5-6-10-15(14)17)18-12(2)16(20)19-13-7-3-4-8-13/h5-6,9-13,18H,3-4,7-8H2,1-2H3,(H,19,20)/t11-,12?/m1/s1. The smallest absolute Gasteiger partial charge is 0.237 e. The fourth-order valence-electron chi connectivity index (χ4n) is 2.76. The van der Waals surface area contributed by atoms with Crippen molar-refractivity contribution in [2.45, 2.75) is 57.7 Å². The van der Waals surface area contributed by atoms with E-state index in [1.807, 2.05) is 25.1 Å². The van der Waals surface area contributed by atoms with E-state index in [-0.39, 0.29) is 18.0 Å². The molecule has 1 unspecified atom stereocenters. The minimum atomic E-state index is -0.183. The summed E-state index contributed by atoms with van der Waals surface area (Å²) < 4.78 is 1.07. The average molecular weight is 339 g/mol. The van der Waals surface area contributed by atoms with Crippen LogP contribution in [-0.2, 0) is 4.79 Å². The van der Waals surface area contributed by atoms with Crippen LogP contribution in [0.2, 0.25) is 0 Å². The second-order valence-corrected chi connectivity index (χ2v) is 6.48. The van der Waals surface area contributed by atoms with E-state index in [9.17, 15) is 4.79 Å². The van der Waals surface area contributed by atoms with Crippen molar-refractivity contribution in [3.8, 4) is 0 Å². The highest BCUT2D eigenvalue weighted by molar-refractivity contribution is 9.10. The van der Waals surface area contributed by atoms with Crippen LogP contribution in [0.4, 0.5) is 0 Å². The lowest BCUT2D eigenvalue weighted by Gasteiger charge is -2.22. The van der Waals surface area contributed by atoms with Gasteiger partial charge in [-0.05, 0) is 38.3 Å². The molecule has 0 aromatic heterocycles. The maximum absolute atomic E-state index is 12.2. The van der Waals surface area contributed by atoms with E-state index in [1.165, 1.54) is 18.4 Å². The summed E-state index contributed by atoms with van der Waals surface area (Å²) in [6, 6.07) is 8.44. The van der Waals surface area contributed by atoms with E-state index >= 15 is 0 Å². The molecular weight excluding hydrogens is 316 g/mol. The molecule has 2 rings (SSSR count). The average Bonchev–Trinajstić information content (AvgIpc) is 2.91. The molecule has 0 spiro atoms. The van der Waals surface area contributed by atoms with Crippen LogP contribution in [0.15, 0.2) is 28.7 Å². The van der Waals surface area contributed by atoms with E-state index in [1.54, 1.807) is 0 Å². The first-order chi connectivity index (χ1) is 9.58. The first kappa shape index (κ1) is 15.5. The van der Waals surface area contributed by atoms with Crippen LogP contribution in [0, 0.1) is 0 Å². The second-order valence-electron chi connectivity index (χ2n) is 5.62. The van der Waals surface area contributed by atoms with Gasteiger partial charge in [0, 0.05) is 16.6 Å². The molecule has 0 bridgehead atoms. The lowest BCUT2D eigenvalue weighted by Crippen LogP contribution is -2.46. The topological polar surface area (TPSA) is 41.1 Å². The third-order valence-corrected chi connectivity index (χ3v) is 4.69. The van der Waals surface area contributed by atoms with Gasteiger partial charge >= 0.3 is 0 Å². The highest BCUT2D eigenvalue weighted by Crippen LogP contribution is 2.23. The molecule has 1 aromatic rings. The molecule has 1 aliphatic rings. The fourth-order valence-corrected chi connectivity index (χ4v) is 3.39. The maximum atomic E-state index is 12.2. The highest BCUT2D eigenvalue weighted by Gasteiger charge is 2.22. The Bertz CT molecular complexity index is 458. The van der Waals surface area contributed by atoms with E-state index in [0.717, 1.165) is 17.3 Å². The predicted octanol–water partition coefficient (Wildman–Crippen LogP) is 3.55. The van der Waals surface area contributed by atoms with Crippen LogP contribution in [0.25, 0.3) is 0 Å². The lowest BCUT2D eigenvalue weighted by molar-refractivity contribution is -0.123. The van der Waals surface area contributed by atoms with E-state index in [0.29, 0.717) is 6.04 Å². The number of hydrogen-bond donors (Lipinski definition) is 2. The Balaban J connectivity index is 1.88. The number of hydrogen-bond acceptors (Lipinski definition) is 2. The van der Waals surface area contributed by atoms with E-state index in [4.69, 9.17) is 0 Å². The number of carbonyl (C=O) groups is 1. The van der Waals surface area contributed by atoms with Gasteiger partial charge in [-0.3, -0.25) is 10.1 Å². The van der Waals surface area contributed by atoms with Crippen LogP contribution in [0.3, 0.4) is 0 Å². The van der Waals surface area contributed by atoms with Crippen molar-refractivity contribution in [1.82, 2.24) is 10.6 Å². The summed E-state index contributed by atoms with van der Waals surface area (Å²) in [6.45, 7) is 4.01. The molecule has 1 amide bonds. The normalized spacial score (nSPS) is 18.8. The first-order valence-electron chi connectivity index (χ1n) is 7.39. The number of nitrogens with one attached hydrogen (secondary N) is 2. The zero-order chi connectivity index (χ0) is 14.5. The molecule has 1 aromatic carbocycles. The van der Waals surface area contributed by atoms with Gasteiger partial charge in [-0.1, -0.05) is 47.0 Å².